The zero-order valence-electron chi connectivity index (χ0n) is 17.7. The number of rotatable bonds is 7. The van der Waals surface area contributed by atoms with Gasteiger partial charge in [-0.1, -0.05) is 6.92 Å². The second-order valence-corrected chi connectivity index (χ2v) is 7.19. The van der Waals surface area contributed by atoms with Gasteiger partial charge in [-0.15, -0.1) is 0 Å². The molecule has 30 heavy (non-hydrogen) atoms. The van der Waals surface area contributed by atoms with Gasteiger partial charge in [0.1, 0.15) is 0 Å². The minimum Gasteiger partial charge on any atom is -0.493 e. The second-order valence-electron chi connectivity index (χ2n) is 7.19. The summed E-state index contributed by atoms with van der Waals surface area (Å²) in [6.07, 6.45) is 3.49. The average Bonchev–Trinajstić information content (AvgIpc) is 2.77. The lowest BCUT2D eigenvalue weighted by molar-refractivity contribution is -0.142. The highest BCUT2D eigenvalue weighted by Crippen LogP contribution is 2.41. The third-order valence-corrected chi connectivity index (χ3v) is 5.55. The fourth-order valence-corrected chi connectivity index (χ4v) is 3.91. The van der Waals surface area contributed by atoms with Gasteiger partial charge in [-0.3, -0.25) is 4.79 Å². The average molecular weight is 416 g/mol. The Kier molecular flexibility index (Phi) is 6.49. The number of carbonyl (C=O) groups is 1. The van der Waals surface area contributed by atoms with E-state index in [1.807, 2.05) is 6.92 Å². The first-order valence-electron chi connectivity index (χ1n) is 9.85. The van der Waals surface area contributed by atoms with E-state index < -0.39 is 5.97 Å². The summed E-state index contributed by atoms with van der Waals surface area (Å²) in [5.74, 6) is 1.31. The van der Waals surface area contributed by atoms with E-state index in [-0.39, 0.29) is 12.0 Å². The summed E-state index contributed by atoms with van der Waals surface area (Å²) in [5.41, 5.74) is 7.51. The SMILES string of the molecule is CC[C@@H]1C[C@H](C(=O)O)CCN1c1nc(-c2cc(OC)c(OC)c(OC)c2)cnc1N. The number of benzene rings is 1. The Morgan fingerprint density at radius 1 is 1.23 bits per heavy atom. The zero-order valence-corrected chi connectivity index (χ0v) is 17.7. The fourth-order valence-electron chi connectivity index (χ4n) is 3.91. The molecule has 9 nitrogen and oxygen atoms in total. The normalized spacial score (nSPS) is 18.7. The van der Waals surface area contributed by atoms with Gasteiger partial charge >= 0.3 is 5.97 Å². The predicted molar refractivity (Wildman–Crippen MR) is 113 cm³/mol. The van der Waals surface area contributed by atoms with Crippen molar-refractivity contribution < 1.29 is 24.1 Å². The van der Waals surface area contributed by atoms with Crippen molar-refractivity contribution in [1.29, 1.82) is 0 Å². The summed E-state index contributed by atoms with van der Waals surface area (Å²) >= 11 is 0. The first kappa shape index (κ1) is 21.5. The van der Waals surface area contributed by atoms with E-state index in [2.05, 4.69) is 9.88 Å². The molecule has 162 valence electrons. The van der Waals surface area contributed by atoms with E-state index in [0.717, 1.165) is 12.0 Å². The van der Waals surface area contributed by atoms with Gasteiger partial charge in [0.05, 0.1) is 39.1 Å². The summed E-state index contributed by atoms with van der Waals surface area (Å²) in [7, 11) is 4.66. The number of carboxylic acids is 1. The molecule has 1 fully saturated rings. The van der Waals surface area contributed by atoms with Crippen LogP contribution in [0.1, 0.15) is 26.2 Å². The number of methoxy groups -OCH3 is 3. The molecule has 2 aromatic rings. The van der Waals surface area contributed by atoms with Gasteiger partial charge in [0.15, 0.2) is 23.1 Å². The first-order valence-corrected chi connectivity index (χ1v) is 9.85. The number of hydrogen-bond donors (Lipinski definition) is 2. The maximum absolute atomic E-state index is 11.4. The van der Waals surface area contributed by atoms with Gasteiger partial charge < -0.3 is 30.0 Å². The highest BCUT2D eigenvalue weighted by Gasteiger charge is 2.33. The number of piperidine rings is 1. The monoisotopic (exact) mass is 416 g/mol. The summed E-state index contributed by atoms with van der Waals surface area (Å²) in [4.78, 5) is 22.6. The highest BCUT2D eigenvalue weighted by atomic mass is 16.5. The molecule has 1 aromatic heterocycles. The number of anilines is 2. The Hall–Kier alpha value is -3.23. The molecule has 1 aliphatic rings. The van der Waals surface area contributed by atoms with Crippen molar-refractivity contribution in [3.63, 3.8) is 0 Å². The van der Waals surface area contributed by atoms with E-state index in [0.29, 0.717) is 54.0 Å². The first-order chi connectivity index (χ1) is 14.4. The second kappa shape index (κ2) is 9.06. The van der Waals surface area contributed by atoms with Crippen molar-refractivity contribution in [1.82, 2.24) is 9.97 Å². The Labute approximate surface area is 175 Å². The maximum Gasteiger partial charge on any atom is 0.306 e. The maximum atomic E-state index is 11.4. The standard InChI is InChI=1S/C21H28N4O5/c1-5-14-8-12(21(26)27)6-7-25(14)20-19(22)23-11-15(24-20)13-9-16(28-2)18(30-4)17(10-13)29-3/h9-12,14H,5-8H2,1-4H3,(H2,22,23)(H,26,27)/t12-,14-/m1/s1. The molecule has 9 heteroatoms. The quantitative estimate of drug-likeness (QED) is 0.702. The molecule has 0 spiro atoms. The number of nitrogens with two attached hydrogens (primary N) is 1. The Morgan fingerprint density at radius 3 is 2.43 bits per heavy atom. The fraction of sp³-hybridized carbons (Fsp3) is 0.476. The van der Waals surface area contributed by atoms with Crippen molar-refractivity contribution in [2.24, 2.45) is 5.92 Å². The van der Waals surface area contributed by atoms with Gasteiger partial charge in [-0.25, -0.2) is 9.97 Å². The molecule has 2 atom stereocenters. The van der Waals surface area contributed by atoms with Crippen LogP contribution in [0.5, 0.6) is 17.2 Å². The Bertz CT molecular complexity index is 895. The van der Waals surface area contributed by atoms with E-state index in [9.17, 15) is 9.90 Å². The molecule has 3 rings (SSSR count). The third kappa shape index (κ3) is 4.05. The summed E-state index contributed by atoms with van der Waals surface area (Å²) < 4.78 is 16.3. The molecule has 0 aliphatic carbocycles. The molecular formula is C21H28N4O5. The van der Waals surface area contributed by atoms with Crippen LogP contribution in [0.2, 0.25) is 0 Å². The van der Waals surface area contributed by atoms with Crippen LogP contribution in [-0.2, 0) is 4.79 Å². The number of aromatic nitrogens is 2. The third-order valence-electron chi connectivity index (χ3n) is 5.55. The lowest BCUT2D eigenvalue weighted by Gasteiger charge is -2.39. The number of aliphatic carboxylic acids is 1. The van der Waals surface area contributed by atoms with Crippen LogP contribution in [0.25, 0.3) is 11.3 Å². The predicted octanol–water partition coefficient (Wildman–Crippen LogP) is 2.83. The van der Waals surface area contributed by atoms with Gasteiger partial charge in [0, 0.05) is 18.2 Å². The van der Waals surface area contributed by atoms with E-state index in [4.69, 9.17) is 24.9 Å². The van der Waals surface area contributed by atoms with Crippen molar-refractivity contribution in [3.05, 3.63) is 18.3 Å². The number of nitrogen functional groups attached to an aromatic ring is 1. The van der Waals surface area contributed by atoms with Gasteiger partial charge in [0.25, 0.3) is 0 Å². The minimum atomic E-state index is -0.752. The molecule has 2 heterocycles. The summed E-state index contributed by atoms with van der Waals surface area (Å²) in [6.45, 7) is 2.60. The smallest absolute Gasteiger partial charge is 0.306 e. The zero-order chi connectivity index (χ0) is 21.8. The van der Waals surface area contributed by atoms with E-state index in [1.54, 1.807) is 39.7 Å². The Morgan fingerprint density at radius 2 is 1.90 bits per heavy atom. The number of nitrogens with zero attached hydrogens (tertiary/aromatic N) is 3. The summed E-state index contributed by atoms with van der Waals surface area (Å²) in [6, 6.07) is 3.64. The van der Waals surface area contributed by atoms with Crippen LogP contribution in [-0.4, -0.2) is 55.0 Å². The van der Waals surface area contributed by atoms with Crippen LogP contribution in [0.3, 0.4) is 0 Å². The number of carboxylic acid groups (broad SMARTS) is 1. The van der Waals surface area contributed by atoms with Crippen molar-refractivity contribution in [2.45, 2.75) is 32.2 Å². The van der Waals surface area contributed by atoms with Crippen LogP contribution in [0.4, 0.5) is 11.6 Å². The van der Waals surface area contributed by atoms with Gasteiger partial charge in [-0.2, -0.15) is 0 Å². The molecular weight excluding hydrogens is 388 g/mol. The molecule has 3 N–H and O–H groups in total. The van der Waals surface area contributed by atoms with Gasteiger partial charge in [0.2, 0.25) is 5.75 Å². The van der Waals surface area contributed by atoms with Crippen molar-refractivity contribution in [3.8, 4) is 28.5 Å². The molecule has 1 aromatic carbocycles. The number of hydrogen-bond acceptors (Lipinski definition) is 8. The van der Waals surface area contributed by atoms with E-state index in [1.165, 1.54) is 0 Å². The molecule has 0 saturated carbocycles. The molecule has 0 radical (unpaired) electrons. The Balaban J connectivity index is 2.01. The van der Waals surface area contributed by atoms with Crippen LogP contribution >= 0.6 is 0 Å². The van der Waals surface area contributed by atoms with Crippen molar-refractivity contribution in [2.75, 3.05) is 38.5 Å². The molecule has 0 unspecified atom stereocenters. The summed E-state index contributed by atoms with van der Waals surface area (Å²) in [5, 5.41) is 9.39. The lowest BCUT2D eigenvalue weighted by Crippen LogP contribution is -2.45. The molecule has 1 saturated heterocycles. The highest BCUT2D eigenvalue weighted by molar-refractivity contribution is 5.73. The number of ether oxygens (including phenoxy) is 3. The lowest BCUT2D eigenvalue weighted by atomic mass is 9.89. The molecule has 0 amide bonds. The van der Waals surface area contributed by atoms with Crippen LogP contribution < -0.4 is 24.8 Å². The van der Waals surface area contributed by atoms with E-state index >= 15 is 0 Å². The molecule has 1 aliphatic heterocycles. The largest absolute Gasteiger partial charge is 0.493 e. The van der Waals surface area contributed by atoms with Crippen LogP contribution in [0.15, 0.2) is 18.3 Å². The topological polar surface area (TPSA) is 120 Å². The minimum absolute atomic E-state index is 0.0339. The van der Waals surface area contributed by atoms with Crippen molar-refractivity contribution >= 4 is 17.6 Å². The van der Waals surface area contributed by atoms with Gasteiger partial charge in [-0.05, 0) is 31.4 Å². The molecule has 0 bridgehead atoms. The van der Waals surface area contributed by atoms with Crippen LogP contribution in [0, 0.1) is 5.92 Å².